The van der Waals surface area contributed by atoms with Gasteiger partial charge in [-0.3, -0.25) is 0 Å². The van der Waals surface area contributed by atoms with Crippen LogP contribution in [0.3, 0.4) is 0 Å². The topological polar surface area (TPSA) is 52.0 Å². The van der Waals surface area contributed by atoms with Gasteiger partial charge in [-0.15, -0.1) is 0 Å². The highest BCUT2D eigenvalue weighted by Gasteiger charge is 2.22. The molecule has 1 rings (SSSR count). The van der Waals surface area contributed by atoms with Crippen molar-refractivity contribution in [2.75, 3.05) is 0 Å². The molecule has 1 unspecified atom stereocenters. The Morgan fingerprint density at radius 2 is 1.83 bits per heavy atom. The molecule has 0 spiro atoms. The van der Waals surface area contributed by atoms with E-state index in [1.54, 1.807) is 0 Å². The lowest BCUT2D eigenvalue weighted by molar-refractivity contribution is 0.273. The monoisotopic (exact) mass is 170 g/mol. The molecule has 4 N–H and O–H groups in total. The van der Waals surface area contributed by atoms with Crippen LogP contribution in [0.2, 0.25) is 0 Å². The van der Waals surface area contributed by atoms with Gasteiger partial charge in [-0.1, -0.05) is 13.3 Å². The summed E-state index contributed by atoms with van der Waals surface area (Å²) in [4.78, 5) is 0. The first kappa shape index (κ1) is 10.0. The third kappa shape index (κ3) is 2.76. The molecule has 0 bridgehead atoms. The van der Waals surface area contributed by atoms with Crippen LogP contribution in [0.1, 0.15) is 45.4 Å². The quantitative estimate of drug-likeness (QED) is 0.676. The van der Waals surface area contributed by atoms with Crippen LogP contribution < -0.4 is 11.5 Å². The minimum atomic E-state index is 0.433. The molecule has 0 aromatic heterocycles. The number of rotatable bonds is 3. The summed E-state index contributed by atoms with van der Waals surface area (Å²) in [5.41, 5.74) is 11.9. The number of hydrogen-bond donors (Lipinski definition) is 2. The zero-order chi connectivity index (χ0) is 8.97. The maximum Gasteiger partial charge on any atom is 0.00670 e. The Morgan fingerprint density at radius 3 is 2.33 bits per heavy atom. The highest BCUT2D eigenvalue weighted by Crippen LogP contribution is 2.26. The second-order valence-electron chi connectivity index (χ2n) is 4.13. The van der Waals surface area contributed by atoms with Crippen LogP contribution in [-0.4, -0.2) is 12.1 Å². The molecule has 2 nitrogen and oxygen atoms in total. The van der Waals surface area contributed by atoms with Gasteiger partial charge in [0.25, 0.3) is 0 Å². The van der Waals surface area contributed by atoms with Crippen molar-refractivity contribution in [2.24, 2.45) is 17.4 Å². The van der Waals surface area contributed by atoms with E-state index in [9.17, 15) is 0 Å². The molecule has 72 valence electrons. The molecule has 0 radical (unpaired) electrons. The van der Waals surface area contributed by atoms with E-state index < -0.39 is 0 Å². The Morgan fingerprint density at radius 1 is 1.25 bits per heavy atom. The largest absolute Gasteiger partial charge is 0.328 e. The van der Waals surface area contributed by atoms with E-state index >= 15 is 0 Å². The lowest BCUT2D eigenvalue weighted by Crippen LogP contribution is -2.36. The normalized spacial score (nSPS) is 33.2. The third-order valence-electron chi connectivity index (χ3n) is 3.04. The predicted octanol–water partition coefficient (Wildman–Crippen LogP) is 1.63. The molecule has 0 aliphatic heterocycles. The molecule has 0 aromatic rings. The maximum absolute atomic E-state index is 6.06. The predicted molar refractivity (Wildman–Crippen MR) is 52.8 cm³/mol. The van der Waals surface area contributed by atoms with Crippen molar-refractivity contribution < 1.29 is 0 Å². The molecule has 12 heavy (non-hydrogen) atoms. The van der Waals surface area contributed by atoms with Crippen LogP contribution in [0.5, 0.6) is 0 Å². The van der Waals surface area contributed by atoms with E-state index in [4.69, 9.17) is 11.5 Å². The van der Waals surface area contributed by atoms with Gasteiger partial charge in [-0.05, 0) is 38.0 Å². The molecule has 0 amide bonds. The van der Waals surface area contributed by atoms with Gasteiger partial charge in [0.2, 0.25) is 0 Å². The van der Waals surface area contributed by atoms with Crippen molar-refractivity contribution in [3.05, 3.63) is 0 Å². The lowest BCUT2D eigenvalue weighted by Gasteiger charge is -2.30. The summed E-state index contributed by atoms with van der Waals surface area (Å²) < 4.78 is 0. The van der Waals surface area contributed by atoms with Gasteiger partial charge < -0.3 is 11.5 Å². The summed E-state index contributed by atoms with van der Waals surface area (Å²) in [5, 5.41) is 0. The Balaban J connectivity index is 2.24. The second kappa shape index (κ2) is 4.83. The van der Waals surface area contributed by atoms with Gasteiger partial charge in [-0.2, -0.15) is 0 Å². The number of nitrogens with two attached hydrogens (primary N) is 2. The van der Waals surface area contributed by atoms with E-state index in [1.165, 1.54) is 38.5 Å². The molecule has 0 saturated heterocycles. The van der Waals surface area contributed by atoms with E-state index in [-0.39, 0.29) is 0 Å². The summed E-state index contributed by atoms with van der Waals surface area (Å²) in [7, 11) is 0. The van der Waals surface area contributed by atoms with E-state index in [0.717, 1.165) is 5.92 Å². The summed E-state index contributed by atoms with van der Waals surface area (Å²) in [6.45, 7) is 2.20. The number of hydrogen-bond acceptors (Lipinski definition) is 2. The van der Waals surface area contributed by atoms with Gasteiger partial charge >= 0.3 is 0 Å². The fraction of sp³-hybridized carbons (Fsp3) is 1.00. The summed E-state index contributed by atoms with van der Waals surface area (Å²) in [6, 6.07) is 0.887. The van der Waals surface area contributed by atoms with Gasteiger partial charge in [-0.25, -0.2) is 0 Å². The van der Waals surface area contributed by atoms with Crippen molar-refractivity contribution in [3.63, 3.8) is 0 Å². The van der Waals surface area contributed by atoms with Crippen molar-refractivity contribution in [2.45, 2.75) is 57.5 Å². The molecule has 0 heterocycles. The van der Waals surface area contributed by atoms with Crippen LogP contribution in [0.25, 0.3) is 0 Å². The van der Waals surface area contributed by atoms with Crippen LogP contribution >= 0.6 is 0 Å². The van der Waals surface area contributed by atoms with Gasteiger partial charge in [0.15, 0.2) is 0 Å². The zero-order valence-electron chi connectivity index (χ0n) is 8.13. The highest BCUT2D eigenvalue weighted by molar-refractivity contribution is 4.80. The first-order valence-electron chi connectivity index (χ1n) is 5.25. The molecule has 1 atom stereocenters. The minimum absolute atomic E-state index is 0.433. The SMILES string of the molecule is CCCC(N)C1CCC(N)CC1. The molecule has 1 aliphatic carbocycles. The van der Waals surface area contributed by atoms with Gasteiger partial charge in [0.1, 0.15) is 0 Å². The fourth-order valence-corrected chi connectivity index (χ4v) is 2.14. The fourth-order valence-electron chi connectivity index (χ4n) is 2.14. The van der Waals surface area contributed by atoms with Crippen molar-refractivity contribution in [3.8, 4) is 0 Å². The smallest absolute Gasteiger partial charge is 0.00670 e. The Labute approximate surface area is 75.7 Å². The van der Waals surface area contributed by atoms with E-state index in [2.05, 4.69) is 6.92 Å². The van der Waals surface area contributed by atoms with Gasteiger partial charge in [0, 0.05) is 12.1 Å². The van der Waals surface area contributed by atoms with Crippen LogP contribution in [0, 0.1) is 5.92 Å². The molecule has 2 heteroatoms. The zero-order valence-corrected chi connectivity index (χ0v) is 8.13. The molecule has 1 saturated carbocycles. The minimum Gasteiger partial charge on any atom is -0.328 e. The summed E-state index contributed by atoms with van der Waals surface area (Å²) >= 11 is 0. The molecule has 0 aromatic carbocycles. The Bertz CT molecular complexity index is 117. The molecule has 1 aliphatic rings. The maximum atomic E-state index is 6.06. The second-order valence-corrected chi connectivity index (χ2v) is 4.13. The van der Waals surface area contributed by atoms with E-state index in [0.29, 0.717) is 12.1 Å². The first-order valence-corrected chi connectivity index (χ1v) is 5.25. The first-order chi connectivity index (χ1) is 5.74. The third-order valence-corrected chi connectivity index (χ3v) is 3.04. The van der Waals surface area contributed by atoms with Crippen LogP contribution in [0.15, 0.2) is 0 Å². The van der Waals surface area contributed by atoms with Crippen LogP contribution in [0.4, 0.5) is 0 Å². The average molecular weight is 170 g/mol. The summed E-state index contributed by atoms with van der Waals surface area (Å²) in [5.74, 6) is 0.754. The molecular formula is C10H22N2. The average Bonchev–Trinajstić information content (AvgIpc) is 2.06. The van der Waals surface area contributed by atoms with Crippen molar-refractivity contribution >= 4 is 0 Å². The van der Waals surface area contributed by atoms with Crippen molar-refractivity contribution in [1.82, 2.24) is 0 Å². The highest BCUT2D eigenvalue weighted by atomic mass is 14.7. The van der Waals surface area contributed by atoms with E-state index in [1.807, 2.05) is 0 Å². The molecule has 1 fully saturated rings. The summed E-state index contributed by atoms with van der Waals surface area (Å²) in [6.07, 6.45) is 7.26. The van der Waals surface area contributed by atoms with Crippen LogP contribution in [-0.2, 0) is 0 Å². The standard InChI is InChI=1S/C10H22N2/c1-2-3-10(12)8-4-6-9(11)7-5-8/h8-10H,2-7,11-12H2,1H3. The Hall–Kier alpha value is -0.0800. The Kier molecular flexibility index (Phi) is 4.02. The van der Waals surface area contributed by atoms with Crippen molar-refractivity contribution in [1.29, 1.82) is 0 Å². The van der Waals surface area contributed by atoms with Gasteiger partial charge in [0.05, 0.1) is 0 Å². The molecular weight excluding hydrogens is 148 g/mol. The lowest BCUT2D eigenvalue weighted by atomic mass is 9.81.